The fraction of sp³-hybridized carbons (Fsp3) is 0.533. The summed E-state index contributed by atoms with van der Waals surface area (Å²) in [6.07, 6.45) is 0. The lowest BCUT2D eigenvalue weighted by Gasteiger charge is -2.18. The number of benzene rings is 1. The average Bonchev–Trinajstić information content (AvgIpc) is 2.46. The van der Waals surface area contributed by atoms with Crippen molar-refractivity contribution in [3.63, 3.8) is 0 Å². The first-order valence-corrected chi connectivity index (χ1v) is 8.69. The van der Waals surface area contributed by atoms with Gasteiger partial charge in [-0.25, -0.2) is 13.1 Å². The predicted molar refractivity (Wildman–Crippen MR) is 83.7 cm³/mol. The maximum absolute atomic E-state index is 12.1. The Hall–Kier alpha value is -1.40. The highest BCUT2D eigenvalue weighted by Crippen LogP contribution is 2.12. The van der Waals surface area contributed by atoms with E-state index in [1.165, 1.54) is 12.1 Å². The van der Waals surface area contributed by atoms with Gasteiger partial charge in [-0.2, -0.15) is 0 Å². The van der Waals surface area contributed by atoms with E-state index in [0.29, 0.717) is 25.2 Å². The Balaban J connectivity index is 2.89. The first kappa shape index (κ1) is 17.7. The highest BCUT2D eigenvalue weighted by Gasteiger charge is 2.16. The van der Waals surface area contributed by atoms with Crippen LogP contribution in [0.2, 0.25) is 0 Å². The van der Waals surface area contributed by atoms with E-state index in [9.17, 15) is 13.2 Å². The summed E-state index contributed by atoms with van der Waals surface area (Å²) in [6.45, 7) is 9.36. The Labute approximate surface area is 127 Å². The molecular formula is C15H24N2O3S. The van der Waals surface area contributed by atoms with E-state index in [2.05, 4.69) is 4.72 Å². The zero-order valence-corrected chi connectivity index (χ0v) is 13.9. The summed E-state index contributed by atoms with van der Waals surface area (Å²) in [5, 5.41) is 0. The van der Waals surface area contributed by atoms with Gasteiger partial charge in [-0.15, -0.1) is 0 Å². The second-order valence-corrected chi connectivity index (χ2v) is 7.01. The van der Waals surface area contributed by atoms with Crippen molar-refractivity contribution in [1.82, 2.24) is 9.62 Å². The lowest BCUT2D eigenvalue weighted by atomic mass is 10.2. The SMILES string of the molecule is CCN(CC)C(=O)c1ccc(S(=O)(=O)NCC(C)C)cc1. The van der Waals surface area contributed by atoms with Gasteiger partial charge < -0.3 is 4.90 Å². The maximum Gasteiger partial charge on any atom is 0.253 e. The summed E-state index contributed by atoms with van der Waals surface area (Å²) >= 11 is 0. The second kappa shape index (κ2) is 7.56. The van der Waals surface area contributed by atoms with Crippen LogP contribution in [0.5, 0.6) is 0 Å². The van der Waals surface area contributed by atoms with Crippen molar-refractivity contribution < 1.29 is 13.2 Å². The molecule has 118 valence electrons. The van der Waals surface area contributed by atoms with Gasteiger partial charge in [0, 0.05) is 25.2 Å². The van der Waals surface area contributed by atoms with Crippen LogP contribution in [-0.4, -0.2) is 38.9 Å². The van der Waals surface area contributed by atoms with Crippen LogP contribution < -0.4 is 4.72 Å². The van der Waals surface area contributed by atoms with Gasteiger partial charge in [0.05, 0.1) is 4.90 Å². The number of amides is 1. The third-order valence-corrected chi connectivity index (χ3v) is 4.58. The minimum absolute atomic E-state index is 0.0842. The van der Waals surface area contributed by atoms with Crippen molar-refractivity contribution in [2.75, 3.05) is 19.6 Å². The Kier molecular flexibility index (Phi) is 6.36. The van der Waals surface area contributed by atoms with Crippen LogP contribution in [0, 0.1) is 5.92 Å². The van der Waals surface area contributed by atoms with Crippen molar-refractivity contribution in [2.24, 2.45) is 5.92 Å². The van der Waals surface area contributed by atoms with Crippen LogP contribution in [0.3, 0.4) is 0 Å². The number of nitrogens with zero attached hydrogens (tertiary/aromatic N) is 1. The minimum Gasteiger partial charge on any atom is -0.339 e. The molecule has 0 radical (unpaired) electrons. The first-order valence-electron chi connectivity index (χ1n) is 7.20. The van der Waals surface area contributed by atoms with Crippen molar-refractivity contribution >= 4 is 15.9 Å². The lowest BCUT2D eigenvalue weighted by Crippen LogP contribution is -2.30. The molecule has 1 aromatic carbocycles. The van der Waals surface area contributed by atoms with Crippen LogP contribution in [0.1, 0.15) is 38.1 Å². The second-order valence-electron chi connectivity index (χ2n) is 5.25. The molecular weight excluding hydrogens is 288 g/mol. The van der Waals surface area contributed by atoms with Crippen LogP contribution in [0.4, 0.5) is 0 Å². The smallest absolute Gasteiger partial charge is 0.253 e. The zero-order chi connectivity index (χ0) is 16.0. The van der Waals surface area contributed by atoms with Gasteiger partial charge in [-0.3, -0.25) is 4.79 Å². The third kappa shape index (κ3) is 4.82. The Morgan fingerprint density at radius 3 is 2.10 bits per heavy atom. The Morgan fingerprint density at radius 1 is 1.14 bits per heavy atom. The molecule has 21 heavy (non-hydrogen) atoms. The van der Waals surface area contributed by atoms with E-state index in [4.69, 9.17) is 0 Å². The maximum atomic E-state index is 12.1. The largest absolute Gasteiger partial charge is 0.339 e. The molecule has 0 saturated heterocycles. The standard InChI is InChI=1S/C15H24N2O3S/c1-5-17(6-2)15(18)13-7-9-14(10-8-13)21(19,20)16-11-12(3)4/h7-10,12,16H,5-6,11H2,1-4H3. The van der Waals surface area contributed by atoms with Gasteiger partial charge in [0.2, 0.25) is 10.0 Å². The number of carbonyl (C=O) groups excluding carboxylic acids is 1. The van der Waals surface area contributed by atoms with Gasteiger partial charge in [0.1, 0.15) is 0 Å². The minimum atomic E-state index is -3.50. The number of hydrogen-bond donors (Lipinski definition) is 1. The third-order valence-electron chi connectivity index (χ3n) is 3.14. The van der Waals surface area contributed by atoms with Crippen LogP contribution in [0.25, 0.3) is 0 Å². The molecule has 0 aliphatic carbocycles. The van der Waals surface area contributed by atoms with Crippen LogP contribution in [-0.2, 0) is 10.0 Å². The molecule has 0 saturated carbocycles. The van der Waals surface area contributed by atoms with Crippen molar-refractivity contribution in [1.29, 1.82) is 0 Å². The summed E-state index contributed by atoms with van der Waals surface area (Å²) < 4.78 is 26.7. The molecule has 1 aromatic rings. The Bertz CT molecular complexity index is 561. The van der Waals surface area contributed by atoms with Crippen molar-refractivity contribution in [3.8, 4) is 0 Å². The highest BCUT2D eigenvalue weighted by atomic mass is 32.2. The molecule has 0 aliphatic rings. The van der Waals surface area contributed by atoms with Crippen LogP contribution in [0.15, 0.2) is 29.2 Å². The average molecular weight is 312 g/mol. The normalized spacial score (nSPS) is 11.7. The molecule has 0 aromatic heterocycles. The fourth-order valence-corrected chi connectivity index (χ4v) is 3.04. The molecule has 0 unspecified atom stereocenters. The van der Waals surface area contributed by atoms with E-state index in [0.717, 1.165) is 0 Å². The topological polar surface area (TPSA) is 66.5 Å². The molecule has 0 fully saturated rings. The van der Waals surface area contributed by atoms with E-state index < -0.39 is 10.0 Å². The van der Waals surface area contributed by atoms with E-state index in [-0.39, 0.29) is 16.7 Å². The zero-order valence-electron chi connectivity index (χ0n) is 13.1. The fourth-order valence-electron chi connectivity index (χ4n) is 1.83. The predicted octanol–water partition coefficient (Wildman–Crippen LogP) is 2.10. The number of rotatable bonds is 7. The monoisotopic (exact) mass is 312 g/mol. The van der Waals surface area contributed by atoms with Gasteiger partial charge in [-0.1, -0.05) is 13.8 Å². The van der Waals surface area contributed by atoms with Gasteiger partial charge in [-0.05, 0) is 44.0 Å². The molecule has 1 N–H and O–H groups in total. The summed E-state index contributed by atoms with van der Waals surface area (Å²) in [6, 6.07) is 6.06. The first-order chi connectivity index (χ1) is 9.81. The highest BCUT2D eigenvalue weighted by molar-refractivity contribution is 7.89. The summed E-state index contributed by atoms with van der Waals surface area (Å²) in [7, 11) is -3.50. The van der Waals surface area contributed by atoms with Gasteiger partial charge >= 0.3 is 0 Å². The summed E-state index contributed by atoms with van der Waals surface area (Å²) in [5.74, 6) is 0.155. The molecule has 6 heteroatoms. The molecule has 0 spiro atoms. The van der Waals surface area contributed by atoms with Gasteiger partial charge in [0.15, 0.2) is 0 Å². The quantitative estimate of drug-likeness (QED) is 0.838. The Morgan fingerprint density at radius 2 is 1.67 bits per heavy atom. The molecule has 1 amide bonds. The van der Waals surface area contributed by atoms with Crippen molar-refractivity contribution in [3.05, 3.63) is 29.8 Å². The van der Waals surface area contributed by atoms with Crippen molar-refractivity contribution in [2.45, 2.75) is 32.6 Å². The molecule has 0 heterocycles. The molecule has 0 atom stereocenters. The van der Waals surface area contributed by atoms with E-state index in [1.54, 1.807) is 17.0 Å². The number of carbonyl (C=O) groups is 1. The van der Waals surface area contributed by atoms with Crippen LogP contribution >= 0.6 is 0 Å². The molecule has 0 bridgehead atoms. The van der Waals surface area contributed by atoms with Gasteiger partial charge in [0.25, 0.3) is 5.91 Å². The molecule has 1 rings (SSSR count). The van der Waals surface area contributed by atoms with E-state index in [1.807, 2.05) is 27.7 Å². The number of nitrogens with one attached hydrogen (secondary N) is 1. The lowest BCUT2D eigenvalue weighted by molar-refractivity contribution is 0.0773. The summed E-state index contributed by atoms with van der Waals surface area (Å²) in [5.41, 5.74) is 0.501. The molecule has 5 nitrogen and oxygen atoms in total. The number of hydrogen-bond acceptors (Lipinski definition) is 3. The van der Waals surface area contributed by atoms with E-state index >= 15 is 0 Å². The summed E-state index contributed by atoms with van der Waals surface area (Å²) in [4.78, 5) is 14.0. The number of sulfonamides is 1. The molecule has 0 aliphatic heterocycles.